The lowest BCUT2D eigenvalue weighted by Gasteiger charge is -2.07. The van der Waals surface area contributed by atoms with Gasteiger partial charge in [-0.3, -0.25) is 0 Å². The van der Waals surface area contributed by atoms with Gasteiger partial charge >= 0.3 is 6.03 Å². The summed E-state index contributed by atoms with van der Waals surface area (Å²) in [6.45, 7) is 0.880. The molecule has 8 heteroatoms. The van der Waals surface area contributed by atoms with Crippen molar-refractivity contribution in [1.29, 1.82) is 0 Å². The standard InChI is InChI=1S/C10H11Cl2N5O/c11-4-8-16-7-3-6(12)5-15-9(7)17(8)2-1-14-10(13)18/h3,5H,1-2,4H2,(H3,13,14,18). The summed E-state index contributed by atoms with van der Waals surface area (Å²) in [6, 6.07) is 1.15. The van der Waals surface area contributed by atoms with E-state index in [4.69, 9.17) is 28.9 Å². The first-order valence-corrected chi connectivity index (χ1v) is 6.13. The molecule has 0 unspecified atom stereocenters. The van der Waals surface area contributed by atoms with Crippen LogP contribution in [0.3, 0.4) is 0 Å². The van der Waals surface area contributed by atoms with Gasteiger partial charge in [0, 0.05) is 19.3 Å². The normalized spacial score (nSPS) is 10.8. The number of rotatable bonds is 4. The van der Waals surface area contributed by atoms with Crippen molar-refractivity contribution in [1.82, 2.24) is 19.9 Å². The van der Waals surface area contributed by atoms with Gasteiger partial charge in [0.25, 0.3) is 0 Å². The molecule has 0 saturated heterocycles. The van der Waals surface area contributed by atoms with Crippen LogP contribution in [0.15, 0.2) is 12.3 Å². The zero-order valence-electron chi connectivity index (χ0n) is 9.36. The van der Waals surface area contributed by atoms with Crippen molar-refractivity contribution in [2.75, 3.05) is 6.54 Å². The molecule has 3 N–H and O–H groups in total. The number of alkyl halides is 1. The number of carbonyl (C=O) groups excluding carboxylic acids is 1. The van der Waals surface area contributed by atoms with Crippen LogP contribution in [0.1, 0.15) is 5.82 Å². The van der Waals surface area contributed by atoms with E-state index < -0.39 is 6.03 Å². The number of nitrogens with two attached hydrogens (primary N) is 1. The van der Waals surface area contributed by atoms with Crippen molar-refractivity contribution >= 4 is 40.4 Å². The molecule has 0 aliphatic carbocycles. The first-order chi connectivity index (χ1) is 8.61. The van der Waals surface area contributed by atoms with Gasteiger partial charge in [0.1, 0.15) is 11.3 Å². The maximum absolute atomic E-state index is 10.6. The topological polar surface area (TPSA) is 85.8 Å². The van der Waals surface area contributed by atoms with E-state index >= 15 is 0 Å². The first kappa shape index (κ1) is 12.9. The predicted molar refractivity (Wildman–Crippen MR) is 69.7 cm³/mol. The molecule has 0 aliphatic heterocycles. The van der Waals surface area contributed by atoms with Gasteiger partial charge in [-0.2, -0.15) is 0 Å². The lowest BCUT2D eigenvalue weighted by atomic mass is 10.4. The zero-order valence-corrected chi connectivity index (χ0v) is 10.9. The number of carbonyl (C=O) groups is 1. The Balaban J connectivity index is 2.31. The Labute approximate surface area is 113 Å². The average molecular weight is 288 g/mol. The summed E-state index contributed by atoms with van der Waals surface area (Å²) in [4.78, 5) is 19.2. The highest BCUT2D eigenvalue weighted by Crippen LogP contribution is 2.18. The smallest absolute Gasteiger partial charge is 0.312 e. The Morgan fingerprint density at radius 1 is 1.56 bits per heavy atom. The highest BCUT2D eigenvalue weighted by atomic mass is 35.5. The van der Waals surface area contributed by atoms with Crippen LogP contribution in [0.25, 0.3) is 11.2 Å². The van der Waals surface area contributed by atoms with Crippen LogP contribution in [0.5, 0.6) is 0 Å². The second kappa shape index (κ2) is 5.41. The molecule has 0 bridgehead atoms. The van der Waals surface area contributed by atoms with E-state index in [-0.39, 0.29) is 5.88 Å². The lowest BCUT2D eigenvalue weighted by molar-refractivity contribution is 0.248. The van der Waals surface area contributed by atoms with Gasteiger partial charge in [-0.25, -0.2) is 14.8 Å². The molecule has 18 heavy (non-hydrogen) atoms. The lowest BCUT2D eigenvalue weighted by Crippen LogP contribution is -2.32. The summed E-state index contributed by atoms with van der Waals surface area (Å²) in [6.07, 6.45) is 1.54. The minimum absolute atomic E-state index is 0.255. The third kappa shape index (κ3) is 2.65. The Kier molecular flexibility index (Phi) is 3.88. The highest BCUT2D eigenvalue weighted by Gasteiger charge is 2.11. The van der Waals surface area contributed by atoms with Crippen molar-refractivity contribution < 1.29 is 4.79 Å². The molecular weight excluding hydrogens is 277 g/mol. The summed E-state index contributed by atoms with van der Waals surface area (Å²) >= 11 is 11.7. The number of nitrogens with one attached hydrogen (secondary N) is 1. The van der Waals surface area contributed by atoms with Gasteiger partial charge in [0.2, 0.25) is 0 Å². The Morgan fingerprint density at radius 2 is 2.33 bits per heavy atom. The molecule has 2 heterocycles. The molecule has 0 radical (unpaired) electrons. The molecule has 0 aliphatic rings. The van der Waals surface area contributed by atoms with Crippen LogP contribution >= 0.6 is 23.2 Å². The van der Waals surface area contributed by atoms with Crippen LogP contribution in [0, 0.1) is 0 Å². The van der Waals surface area contributed by atoms with E-state index in [0.29, 0.717) is 35.1 Å². The predicted octanol–water partition coefficient (Wildman–Crippen LogP) is 1.49. The molecule has 96 valence electrons. The molecule has 0 fully saturated rings. The number of fused-ring (bicyclic) bond motifs is 1. The summed E-state index contributed by atoms with van der Waals surface area (Å²) in [5.74, 6) is 0.928. The van der Waals surface area contributed by atoms with E-state index in [1.165, 1.54) is 0 Å². The van der Waals surface area contributed by atoms with Gasteiger partial charge < -0.3 is 15.6 Å². The minimum atomic E-state index is -0.567. The van der Waals surface area contributed by atoms with E-state index in [1.54, 1.807) is 12.3 Å². The van der Waals surface area contributed by atoms with Gasteiger partial charge in [-0.15, -0.1) is 11.6 Å². The Hall–Kier alpha value is -1.53. The second-order valence-corrected chi connectivity index (χ2v) is 4.30. The van der Waals surface area contributed by atoms with Crippen LogP contribution in [0.4, 0.5) is 4.79 Å². The third-order valence-electron chi connectivity index (χ3n) is 2.38. The number of nitrogens with zero attached hydrogens (tertiary/aromatic N) is 3. The van der Waals surface area contributed by atoms with Gasteiger partial charge in [-0.1, -0.05) is 11.6 Å². The van der Waals surface area contributed by atoms with Crippen LogP contribution in [-0.2, 0) is 12.4 Å². The SMILES string of the molecule is NC(=O)NCCn1c(CCl)nc2cc(Cl)cnc21. The fourth-order valence-electron chi connectivity index (χ4n) is 1.66. The number of hydrogen-bond acceptors (Lipinski definition) is 3. The quantitative estimate of drug-likeness (QED) is 0.836. The van der Waals surface area contributed by atoms with Crippen molar-refractivity contribution in [2.24, 2.45) is 5.73 Å². The van der Waals surface area contributed by atoms with Crippen molar-refractivity contribution in [3.8, 4) is 0 Å². The molecule has 2 aromatic rings. The maximum Gasteiger partial charge on any atom is 0.312 e. The molecular formula is C10H11Cl2N5O. The number of pyridine rings is 1. The second-order valence-electron chi connectivity index (χ2n) is 3.60. The molecule has 0 aromatic carbocycles. The Morgan fingerprint density at radius 3 is 3.00 bits per heavy atom. The zero-order chi connectivity index (χ0) is 13.1. The summed E-state index contributed by atoms with van der Waals surface area (Å²) < 4.78 is 1.83. The fourth-order valence-corrected chi connectivity index (χ4v) is 2.02. The monoisotopic (exact) mass is 287 g/mol. The molecule has 6 nitrogen and oxygen atoms in total. The molecule has 2 rings (SSSR count). The molecule has 2 amide bonds. The number of amides is 2. The van der Waals surface area contributed by atoms with E-state index in [9.17, 15) is 4.79 Å². The van der Waals surface area contributed by atoms with Gasteiger partial charge in [0.05, 0.1) is 10.9 Å². The number of aromatic nitrogens is 3. The number of halogens is 2. The average Bonchev–Trinajstić information content (AvgIpc) is 2.66. The highest BCUT2D eigenvalue weighted by molar-refractivity contribution is 6.31. The maximum atomic E-state index is 10.6. The summed E-state index contributed by atoms with van der Waals surface area (Å²) in [7, 11) is 0. The number of hydrogen-bond donors (Lipinski definition) is 2. The summed E-state index contributed by atoms with van der Waals surface area (Å²) in [5, 5.41) is 3.02. The largest absolute Gasteiger partial charge is 0.352 e. The number of imidazole rings is 1. The van der Waals surface area contributed by atoms with E-state index in [2.05, 4.69) is 15.3 Å². The number of urea groups is 1. The Bertz CT molecular complexity index is 583. The van der Waals surface area contributed by atoms with Gasteiger partial charge in [-0.05, 0) is 6.07 Å². The minimum Gasteiger partial charge on any atom is -0.352 e. The van der Waals surface area contributed by atoms with Crippen molar-refractivity contribution in [3.05, 3.63) is 23.1 Å². The summed E-state index contributed by atoms with van der Waals surface area (Å²) in [5.41, 5.74) is 6.36. The fraction of sp³-hybridized carbons (Fsp3) is 0.300. The van der Waals surface area contributed by atoms with Crippen LogP contribution < -0.4 is 11.1 Å². The molecule has 0 spiro atoms. The van der Waals surface area contributed by atoms with Crippen LogP contribution in [-0.4, -0.2) is 27.1 Å². The first-order valence-electron chi connectivity index (χ1n) is 5.21. The van der Waals surface area contributed by atoms with E-state index in [1.807, 2.05) is 4.57 Å². The number of primary amides is 1. The van der Waals surface area contributed by atoms with Gasteiger partial charge in [0.15, 0.2) is 5.65 Å². The third-order valence-corrected chi connectivity index (χ3v) is 2.83. The van der Waals surface area contributed by atoms with Crippen molar-refractivity contribution in [2.45, 2.75) is 12.4 Å². The van der Waals surface area contributed by atoms with Crippen LogP contribution in [0.2, 0.25) is 5.02 Å². The molecule has 0 atom stereocenters. The molecule has 0 saturated carbocycles. The van der Waals surface area contributed by atoms with Crippen molar-refractivity contribution in [3.63, 3.8) is 0 Å². The van der Waals surface area contributed by atoms with E-state index in [0.717, 1.165) is 0 Å². The molecule has 2 aromatic heterocycles.